The van der Waals surface area contributed by atoms with Gasteiger partial charge in [0.1, 0.15) is 11.6 Å². The molecule has 2 heterocycles. The van der Waals surface area contributed by atoms with E-state index >= 15 is 0 Å². The summed E-state index contributed by atoms with van der Waals surface area (Å²) in [6, 6.07) is 6.47. The van der Waals surface area contributed by atoms with Crippen molar-refractivity contribution in [2.24, 2.45) is 0 Å². The largest absolute Gasteiger partial charge is 0.493 e. The lowest BCUT2D eigenvalue weighted by atomic mass is 10.0. The molecule has 0 bridgehead atoms. The number of aromatic hydroxyl groups is 1. The van der Waals surface area contributed by atoms with Crippen LogP contribution >= 0.6 is 23.4 Å². The fourth-order valence-electron chi connectivity index (χ4n) is 3.10. The molecule has 1 N–H and O–H groups in total. The number of benzene rings is 1. The molecule has 0 aliphatic rings. The number of nitriles is 1. The molecule has 30 heavy (non-hydrogen) atoms. The second-order valence-electron chi connectivity index (χ2n) is 6.32. The van der Waals surface area contributed by atoms with Crippen LogP contribution in [0.5, 0.6) is 5.88 Å². The van der Waals surface area contributed by atoms with Crippen molar-refractivity contribution in [3.05, 3.63) is 56.1 Å². The number of aryl methyl sites for hydroxylation is 1. The molecule has 9 nitrogen and oxygen atoms in total. The van der Waals surface area contributed by atoms with E-state index in [1.807, 2.05) is 19.2 Å². The highest BCUT2D eigenvalue weighted by atomic mass is 35.5. The van der Waals surface area contributed by atoms with E-state index in [4.69, 9.17) is 11.6 Å². The first kappa shape index (κ1) is 21.7. The van der Waals surface area contributed by atoms with Gasteiger partial charge in [-0.3, -0.25) is 9.36 Å². The summed E-state index contributed by atoms with van der Waals surface area (Å²) in [5, 5.41) is 28.7. The third kappa shape index (κ3) is 3.86. The van der Waals surface area contributed by atoms with Gasteiger partial charge in [-0.25, -0.2) is 14.2 Å². The summed E-state index contributed by atoms with van der Waals surface area (Å²) in [5.41, 5.74) is 0.159. The van der Waals surface area contributed by atoms with E-state index in [9.17, 15) is 20.0 Å². The van der Waals surface area contributed by atoms with Crippen LogP contribution < -0.4 is 5.69 Å². The highest BCUT2D eigenvalue weighted by molar-refractivity contribution is 7.98. The molecule has 3 aromatic rings. The fourth-order valence-corrected chi connectivity index (χ4v) is 3.96. The topological polar surface area (TPSA) is 119 Å². The minimum absolute atomic E-state index is 0.117. The van der Waals surface area contributed by atoms with Crippen LogP contribution in [0.1, 0.15) is 41.0 Å². The second-order valence-corrected chi connectivity index (χ2v) is 7.53. The van der Waals surface area contributed by atoms with Crippen LogP contribution in [0, 0.1) is 11.3 Å². The Kier molecular flexibility index (Phi) is 6.34. The van der Waals surface area contributed by atoms with E-state index in [-0.39, 0.29) is 40.0 Å². The number of rotatable bonds is 7. The Balaban J connectivity index is 2.02. The molecule has 0 spiro atoms. The first-order valence-corrected chi connectivity index (χ1v) is 10.7. The maximum atomic E-state index is 13.0. The number of halogens is 1. The average molecular weight is 447 g/mol. The van der Waals surface area contributed by atoms with Crippen LogP contribution in [0.15, 0.2) is 28.2 Å². The Morgan fingerprint density at radius 2 is 1.97 bits per heavy atom. The molecule has 0 atom stereocenters. The smallest absolute Gasteiger partial charge is 0.346 e. The van der Waals surface area contributed by atoms with Crippen molar-refractivity contribution in [1.29, 1.82) is 5.26 Å². The molecule has 1 aromatic carbocycles. The van der Waals surface area contributed by atoms with Gasteiger partial charge in [-0.1, -0.05) is 23.4 Å². The lowest BCUT2D eigenvalue weighted by Crippen LogP contribution is -2.25. The van der Waals surface area contributed by atoms with Crippen molar-refractivity contribution in [3.8, 4) is 11.9 Å². The standard InChI is InChI=1S/C19H19ClN6O3S/c1-4-24-18(30-3)23-26(19(24)29)10-11-6-12(8-13(20)7-11)16(27)15-14(9-21)22-25(5-2)17(15)28/h6-8,28H,4-5,10H2,1-3H3. The van der Waals surface area contributed by atoms with E-state index in [1.165, 1.54) is 27.2 Å². The molecule has 0 radical (unpaired) electrons. The molecule has 0 saturated carbocycles. The molecular weight excluding hydrogens is 428 g/mol. The van der Waals surface area contributed by atoms with Crippen molar-refractivity contribution >= 4 is 29.1 Å². The molecule has 0 amide bonds. The highest BCUT2D eigenvalue weighted by Crippen LogP contribution is 2.26. The Labute approximate surface area is 181 Å². The minimum atomic E-state index is -0.580. The fraction of sp³-hybridized carbons (Fsp3) is 0.316. The van der Waals surface area contributed by atoms with Gasteiger partial charge in [0.2, 0.25) is 11.7 Å². The summed E-state index contributed by atoms with van der Waals surface area (Å²) < 4.78 is 4.04. The zero-order chi connectivity index (χ0) is 22.0. The third-order valence-electron chi connectivity index (χ3n) is 4.50. The maximum absolute atomic E-state index is 13.0. The lowest BCUT2D eigenvalue weighted by molar-refractivity contribution is 0.103. The van der Waals surface area contributed by atoms with Crippen LogP contribution in [0.3, 0.4) is 0 Å². The van der Waals surface area contributed by atoms with Gasteiger partial charge in [-0.2, -0.15) is 10.4 Å². The summed E-state index contributed by atoms with van der Waals surface area (Å²) in [4.78, 5) is 25.6. The summed E-state index contributed by atoms with van der Waals surface area (Å²) in [6.07, 6.45) is 1.84. The normalized spacial score (nSPS) is 10.9. The van der Waals surface area contributed by atoms with Crippen LogP contribution in [0.25, 0.3) is 0 Å². The quantitative estimate of drug-likeness (QED) is 0.437. The molecule has 0 aliphatic carbocycles. The Hall–Kier alpha value is -3.03. The highest BCUT2D eigenvalue weighted by Gasteiger charge is 2.25. The Bertz CT molecular complexity index is 1220. The van der Waals surface area contributed by atoms with Gasteiger partial charge in [0, 0.05) is 23.7 Å². The van der Waals surface area contributed by atoms with Crippen LogP contribution in [-0.4, -0.2) is 41.3 Å². The van der Waals surface area contributed by atoms with Crippen LogP contribution in [0.2, 0.25) is 5.02 Å². The third-order valence-corrected chi connectivity index (χ3v) is 5.38. The van der Waals surface area contributed by atoms with Crippen LogP contribution in [0.4, 0.5) is 0 Å². The van der Waals surface area contributed by atoms with E-state index in [0.29, 0.717) is 23.8 Å². The van der Waals surface area contributed by atoms with Crippen molar-refractivity contribution in [2.75, 3.05) is 6.26 Å². The lowest BCUT2D eigenvalue weighted by Gasteiger charge is -2.06. The number of hydrogen-bond acceptors (Lipinski definition) is 7. The zero-order valence-corrected chi connectivity index (χ0v) is 18.2. The molecule has 156 valence electrons. The van der Waals surface area contributed by atoms with Gasteiger partial charge in [-0.15, -0.1) is 5.10 Å². The number of carbonyl (C=O) groups is 1. The van der Waals surface area contributed by atoms with E-state index in [0.717, 1.165) is 0 Å². The summed E-state index contributed by atoms with van der Waals surface area (Å²) in [6.45, 7) is 4.50. The predicted octanol–water partition coefficient (Wildman–Crippen LogP) is 2.51. The number of aromatic nitrogens is 5. The molecular formula is C19H19ClN6O3S. The molecule has 0 fully saturated rings. The molecule has 0 aliphatic heterocycles. The van der Waals surface area contributed by atoms with Gasteiger partial charge in [0.15, 0.2) is 10.9 Å². The van der Waals surface area contributed by atoms with Crippen LogP contribution in [-0.2, 0) is 19.6 Å². The van der Waals surface area contributed by atoms with Gasteiger partial charge in [0.05, 0.1) is 6.54 Å². The Morgan fingerprint density at radius 1 is 1.23 bits per heavy atom. The summed E-state index contributed by atoms with van der Waals surface area (Å²) in [5.74, 6) is -0.952. The van der Waals surface area contributed by atoms with Gasteiger partial charge >= 0.3 is 5.69 Å². The molecule has 11 heteroatoms. The van der Waals surface area contributed by atoms with Gasteiger partial charge in [-0.05, 0) is 43.9 Å². The SMILES string of the molecule is CCn1nc(C#N)c(C(=O)c2cc(Cl)cc(Cn3nc(SC)n(CC)c3=O)c2)c1O. The average Bonchev–Trinajstić information content (AvgIpc) is 3.22. The van der Waals surface area contributed by atoms with Gasteiger partial charge in [0.25, 0.3) is 0 Å². The number of carbonyl (C=O) groups excluding carboxylic acids is 1. The van der Waals surface area contributed by atoms with E-state index in [2.05, 4.69) is 10.2 Å². The minimum Gasteiger partial charge on any atom is -0.493 e. The van der Waals surface area contributed by atoms with Crippen molar-refractivity contribution < 1.29 is 9.90 Å². The molecule has 0 unspecified atom stereocenters. The van der Waals surface area contributed by atoms with Crippen molar-refractivity contribution in [2.45, 2.75) is 38.6 Å². The molecule has 0 saturated heterocycles. The van der Waals surface area contributed by atoms with Crippen molar-refractivity contribution in [3.63, 3.8) is 0 Å². The number of hydrogen-bond donors (Lipinski definition) is 1. The summed E-state index contributed by atoms with van der Waals surface area (Å²) >= 11 is 7.57. The monoisotopic (exact) mass is 446 g/mol. The van der Waals surface area contributed by atoms with Crippen molar-refractivity contribution in [1.82, 2.24) is 24.1 Å². The Morgan fingerprint density at radius 3 is 2.53 bits per heavy atom. The van der Waals surface area contributed by atoms with E-state index in [1.54, 1.807) is 23.6 Å². The second kappa shape index (κ2) is 8.77. The predicted molar refractivity (Wildman–Crippen MR) is 112 cm³/mol. The maximum Gasteiger partial charge on any atom is 0.346 e. The van der Waals surface area contributed by atoms with E-state index < -0.39 is 5.78 Å². The summed E-state index contributed by atoms with van der Waals surface area (Å²) in [7, 11) is 0. The molecule has 3 rings (SSSR count). The zero-order valence-electron chi connectivity index (χ0n) is 16.6. The number of thioether (sulfide) groups is 1. The van der Waals surface area contributed by atoms with Gasteiger partial charge < -0.3 is 5.11 Å². The first-order chi connectivity index (χ1) is 14.3. The molecule has 2 aromatic heterocycles. The first-order valence-electron chi connectivity index (χ1n) is 9.10. The number of ketones is 1. The number of nitrogens with zero attached hydrogens (tertiary/aromatic N) is 6.